The van der Waals surface area contributed by atoms with E-state index >= 15 is 0 Å². The van der Waals surface area contributed by atoms with Crippen molar-refractivity contribution in [2.45, 2.75) is 38.8 Å². The van der Waals surface area contributed by atoms with Crippen LogP contribution in [0.15, 0.2) is 82.5 Å². The van der Waals surface area contributed by atoms with Gasteiger partial charge in [-0.05, 0) is 64.6 Å². The SMILES string of the molecule is CC1(C)CC(=O)C2=C(C1)N(c1cccc(C(F)(F)F)c1)C(n1cccc1)=C(C#N)[C@@H]2c1ccsc1. The number of aromatic nitrogens is 1. The van der Waals surface area contributed by atoms with Gasteiger partial charge in [-0.1, -0.05) is 19.9 Å². The first-order valence-electron chi connectivity index (χ1n) is 11.1. The second-order valence-electron chi connectivity index (χ2n) is 9.61. The van der Waals surface area contributed by atoms with Gasteiger partial charge in [-0.25, -0.2) is 0 Å². The molecule has 0 saturated heterocycles. The number of hydrogen-bond acceptors (Lipinski definition) is 4. The van der Waals surface area contributed by atoms with Crippen LogP contribution >= 0.6 is 11.3 Å². The highest BCUT2D eigenvalue weighted by Gasteiger charge is 2.46. The molecule has 5 rings (SSSR count). The molecule has 0 fully saturated rings. The van der Waals surface area contributed by atoms with Crippen molar-refractivity contribution in [2.75, 3.05) is 4.90 Å². The van der Waals surface area contributed by atoms with Gasteiger partial charge in [0.15, 0.2) is 5.78 Å². The molecule has 4 nitrogen and oxygen atoms in total. The summed E-state index contributed by atoms with van der Waals surface area (Å²) >= 11 is 1.48. The fourth-order valence-electron chi connectivity index (χ4n) is 5.07. The van der Waals surface area contributed by atoms with Gasteiger partial charge in [0.2, 0.25) is 0 Å². The summed E-state index contributed by atoms with van der Waals surface area (Å²) in [6.07, 6.45) is -0.216. The zero-order valence-electron chi connectivity index (χ0n) is 19.1. The van der Waals surface area contributed by atoms with Crippen molar-refractivity contribution in [1.29, 1.82) is 5.26 Å². The summed E-state index contributed by atoms with van der Waals surface area (Å²) in [6.45, 7) is 3.97. The Hall–Kier alpha value is -3.57. The molecule has 3 heterocycles. The first kappa shape index (κ1) is 23.2. The van der Waals surface area contributed by atoms with Crippen molar-refractivity contribution in [1.82, 2.24) is 4.57 Å². The van der Waals surface area contributed by atoms with Gasteiger partial charge in [0, 0.05) is 35.8 Å². The van der Waals surface area contributed by atoms with Crippen molar-refractivity contribution in [3.05, 3.63) is 93.6 Å². The third kappa shape index (κ3) is 4.00. The summed E-state index contributed by atoms with van der Waals surface area (Å²) in [7, 11) is 0. The van der Waals surface area contributed by atoms with E-state index in [1.165, 1.54) is 17.4 Å². The van der Waals surface area contributed by atoms with Crippen LogP contribution in [0.2, 0.25) is 0 Å². The Morgan fingerprint density at radius 2 is 1.86 bits per heavy atom. The molecule has 0 saturated carbocycles. The zero-order valence-corrected chi connectivity index (χ0v) is 20.0. The number of carbonyl (C=O) groups is 1. The smallest absolute Gasteiger partial charge is 0.309 e. The molecule has 1 aliphatic carbocycles. The highest BCUT2D eigenvalue weighted by molar-refractivity contribution is 7.08. The minimum absolute atomic E-state index is 0.0799. The van der Waals surface area contributed by atoms with Crippen molar-refractivity contribution >= 4 is 28.6 Å². The molecular formula is C27H22F3N3OS. The van der Waals surface area contributed by atoms with Gasteiger partial charge in [-0.3, -0.25) is 9.69 Å². The number of carbonyl (C=O) groups excluding carboxylic acids is 1. The fourth-order valence-corrected chi connectivity index (χ4v) is 5.75. The lowest BCUT2D eigenvalue weighted by atomic mass is 9.69. The van der Waals surface area contributed by atoms with E-state index < -0.39 is 17.7 Å². The van der Waals surface area contributed by atoms with E-state index in [0.29, 0.717) is 35.5 Å². The summed E-state index contributed by atoms with van der Waals surface area (Å²) in [6, 6.07) is 12.9. The molecule has 2 aromatic heterocycles. The third-order valence-electron chi connectivity index (χ3n) is 6.47. The van der Waals surface area contributed by atoms with E-state index in [0.717, 1.165) is 17.7 Å². The molecule has 0 unspecified atom stereocenters. The molecule has 2 aliphatic rings. The van der Waals surface area contributed by atoms with Crippen LogP contribution in [0.3, 0.4) is 0 Å². The van der Waals surface area contributed by atoms with Gasteiger partial charge in [-0.15, -0.1) is 0 Å². The zero-order chi connectivity index (χ0) is 25.0. The lowest BCUT2D eigenvalue weighted by molar-refractivity contribution is -0.137. The van der Waals surface area contributed by atoms with E-state index in [1.807, 2.05) is 30.7 Å². The molecule has 1 aromatic carbocycles. The Morgan fingerprint density at radius 1 is 1.11 bits per heavy atom. The van der Waals surface area contributed by atoms with Gasteiger partial charge in [0.1, 0.15) is 5.82 Å². The fraction of sp³-hybridized carbons (Fsp3) is 0.259. The number of thiophene rings is 1. The number of ketones is 1. The summed E-state index contributed by atoms with van der Waals surface area (Å²) in [5, 5.41) is 14.2. The number of Topliss-reactive ketones (excluding diaryl/α,β-unsaturated/α-hetero) is 1. The molecule has 3 aromatic rings. The number of nitriles is 1. The van der Waals surface area contributed by atoms with Gasteiger partial charge < -0.3 is 4.57 Å². The summed E-state index contributed by atoms with van der Waals surface area (Å²) in [5.74, 6) is -0.217. The number of rotatable bonds is 3. The molecule has 178 valence electrons. The van der Waals surface area contributed by atoms with Crippen LogP contribution in [-0.2, 0) is 11.0 Å². The number of alkyl halides is 3. The van der Waals surface area contributed by atoms with E-state index in [1.54, 1.807) is 40.1 Å². The second kappa shape index (κ2) is 8.28. The maximum absolute atomic E-state index is 13.7. The molecule has 1 aliphatic heterocycles. The average molecular weight is 494 g/mol. The quantitative estimate of drug-likeness (QED) is 0.387. The Labute approximate surface area is 205 Å². The molecule has 1 atom stereocenters. The van der Waals surface area contributed by atoms with Crippen LogP contribution in [-0.4, -0.2) is 10.4 Å². The van der Waals surface area contributed by atoms with Crippen molar-refractivity contribution in [2.24, 2.45) is 5.41 Å². The van der Waals surface area contributed by atoms with Crippen molar-refractivity contribution in [3.8, 4) is 6.07 Å². The number of hydrogen-bond donors (Lipinski definition) is 0. The molecule has 0 spiro atoms. The Kier molecular flexibility index (Phi) is 5.48. The predicted molar refractivity (Wildman–Crippen MR) is 129 cm³/mol. The lowest BCUT2D eigenvalue weighted by Gasteiger charge is -2.44. The van der Waals surface area contributed by atoms with Gasteiger partial charge >= 0.3 is 6.18 Å². The van der Waals surface area contributed by atoms with Gasteiger partial charge in [0.05, 0.1) is 23.1 Å². The van der Waals surface area contributed by atoms with Gasteiger partial charge in [0.25, 0.3) is 0 Å². The number of benzene rings is 1. The molecule has 0 radical (unpaired) electrons. The second-order valence-corrected chi connectivity index (χ2v) is 10.4. The summed E-state index contributed by atoms with van der Waals surface area (Å²) < 4.78 is 42.7. The average Bonchev–Trinajstić information content (AvgIpc) is 3.50. The van der Waals surface area contributed by atoms with E-state index in [-0.39, 0.29) is 16.9 Å². The van der Waals surface area contributed by atoms with Gasteiger partial charge in [-0.2, -0.15) is 29.8 Å². The van der Waals surface area contributed by atoms with Crippen molar-refractivity contribution in [3.63, 3.8) is 0 Å². The number of nitrogens with zero attached hydrogens (tertiary/aromatic N) is 3. The Balaban J connectivity index is 1.85. The number of allylic oxidation sites excluding steroid dienone is 3. The third-order valence-corrected chi connectivity index (χ3v) is 7.18. The van der Waals surface area contributed by atoms with Crippen LogP contribution in [0.5, 0.6) is 0 Å². The number of anilines is 1. The minimum Gasteiger partial charge on any atom is -0.309 e. The molecular weight excluding hydrogens is 471 g/mol. The topological polar surface area (TPSA) is 49.0 Å². The van der Waals surface area contributed by atoms with E-state index in [4.69, 9.17) is 0 Å². The molecule has 0 amide bonds. The largest absolute Gasteiger partial charge is 0.416 e. The Bertz CT molecular complexity index is 1390. The van der Waals surface area contributed by atoms with Crippen LogP contribution < -0.4 is 4.90 Å². The predicted octanol–water partition coefficient (Wildman–Crippen LogP) is 7.21. The van der Waals surface area contributed by atoms with Crippen LogP contribution in [0.4, 0.5) is 18.9 Å². The van der Waals surface area contributed by atoms with E-state index in [2.05, 4.69) is 6.07 Å². The summed E-state index contributed by atoms with van der Waals surface area (Å²) in [4.78, 5) is 15.3. The molecule has 0 bridgehead atoms. The highest BCUT2D eigenvalue weighted by Crippen LogP contribution is 2.52. The maximum Gasteiger partial charge on any atom is 0.416 e. The molecule has 0 N–H and O–H groups in total. The maximum atomic E-state index is 13.7. The van der Waals surface area contributed by atoms with E-state index in [9.17, 15) is 23.2 Å². The first-order valence-corrected chi connectivity index (χ1v) is 12.1. The van der Waals surface area contributed by atoms with Crippen LogP contribution in [0.1, 0.15) is 43.7 Å². The normalized spacial score (nSPS) is 20.2. The van der Waals surface area contributed by atoms with Crippen LogP contribution in [0, 0.1) is 16.7 Å². The highest BCUT2D eigenvalue weighted by atomic mass is 32.1. The minimum atomic E-state index is -4.53. The number of halogens is 3. The van der Waals surface area contributed by atoms with Crippen molar-refractivity contribution < 1.29 is 18.0 Å². The lowest BCUT2D eigenvalue weighted by Crippen LogP contribution is -2.40. The van der Waals surface area contributed by atoms with Crippen LogP contribution in [0.25, 0.3) is 5.82 Å². The monoisotopic (exact) mass is 493 g/mol. The standard InChI is InChI=1S/C27H22F3N3OS/c1-26(2)13-21-24(22(34)14-26)23(17-8-11-35-16-17)20(15-31)25(32-9-3-4-10-32)33(21)19-7-5-6-18(12-19)27(28,29)30/h3-12,16,23H,13-14H2,1-2H3/t23-/m0/s1. The summed E-state index contributed by atoms with van der Waals surface area (Å²) in [5.41, 5.74) is 1.38. The molecule has 8 heteroatoms. The Morgan fingerprint density at radius 3 is 2.49 bits per heavy atom. The molecule has 35 heavy (non-hydrogen) atoms. The first-order chi connectivity index (χ1) is 16.6.